The Morgan fingerprint density at radius 1 is 1.40 bits per heavy atom. The van der Waals surface area contributed by atoms with E-state index < -0.39 is 10.0 Å². The van der Waals surface area contributed by atoms with Crippen LogP contribution in [0.2, 0.25) is 0 Å². The number of hydrogen-bond acceptors (Lipinski definition) is 5. The molecule has 0 aliphatic heterocycles. The molecule has 1 aromatic carbocycles. The summed E-state index contributed by atoms with van der Waals surface area (Å²) in [7, 11) is -2.29. The van der Waals surface area contributed by atoms with E-state index in [9.17, 15) is 8.42 Å². The van der Waals surface area contributed by atoms with Crippen LogP contribution in [0.1, 0.15) is 20.3 Å². The number of ether oxygens (including phenoxy) is 1. The van der Waals surface area contributed by atoms with Gasteiger partial charge in [-0.15, -0.1) is 0 Å². The van der Waals surface area contributed by atoms with Crippen molar-refractivity contribution in [2.45, 2.75) is 25.2 Å². The molecule has 0 amide bonds. The van der Waals surface area contributed by atoms with Gasteiger partial charge in [-0.3, -0.25) is 0 Å². The first-order chi connectivity index (χ1) is 9.22. The number of anilines is 1. The van der Waals surface area contributed by atoms with E-state index >= 15 is 0 Å². The number of benzene rings is 1. The molecule has 0 radical (unpaired) electrons. The summed E-state index contributed by atoms with van der Waals surface area (Å²) in [5.41, 5.74) is 5.71. The fourth-order valence-electron chi connectivity index (χ4n) is 1.67. The maximum absolute atomic E-state index is 12.3. The van der Waals surface area contributed by atoms with Crippen molar-refractivity contribution in [1.29, 1.82) is 0 Å². The number of aliphatic hydroxyl groups is 1. The van der Waals surface area contributed by atoms with Crippen molar-refractivity contribution in [3.63, 3.8) is 0 Å². The average molecular weight is 302 g/mol. The molecular weight excluding hydrogens is 280 g/mol. The molecule has 0 aliphatic rings. The molecule has 0 fully saturated rings. The van der Waals surface area contributed by atoms with Gasteiger partial charge in [-0.2, -0.15) is 0 Å². The zero-order chi connectivity index (χ0) is 15.4. The van der Waals surface area contributed by atoms with Crippen molar-refractivity contribution >= 4 is 15.7 Å². The van der Waals surface area contributed by atoms with E-state index in [2.05, 4.69) is 4.72 Å². The Hall–Kier alpha value is -1.31. The molecule has 7 heteroatoms. The standard InChI is InChI=1S/C13H22N2O4S/c1-13(2,6-7-16)9-15-20(17,18)12-5-4-10(14)8-11(12)19-3/h4-5,8,15-16H,6-7,9,14H2,1-3H3. The highest BCUT2D eigenvalue weighted by molar-refractivity contribution is 7.89. The van der Waals surface area contributed by atoms with Crippen LogP contribution >= 0.6 is 0 Å². The summed E-state index contributed by atoms with van der Waals surface area (Å²) in [4.78, 5) is 0.0500. The van der Waals surface area contributed by atoms with Crippen molar-refractivity contribution < 1.29 is 18.3 Å². The normalized spacial score (nSPS) is 12.4. The van der Waals surface area contributed by atoms with Crippen molar-refractivity contribution in [2.75, 3.05) is 26.0 Å². The third kappa shape index (κ3) is 4.36. The molecule has 6 nitrogen and oxygen atoms in total. The van der Waals surface area contributed by atoms with Crippen molar-refractivity contribution in [3.05, 3.63) is 18.2 Å². The van der Waals surface area contributed by atoms with E-state index in [1.807, 2.05) is 13.8 Å². The van der Waals surface area contributed by atoms with Gasteiger partial charge in [0.1, 0.15) is 10.6 Å². The van der Waals surface area contributed by atoms with Crippen LogP contribution in [0.3, 0.4) is 0 Å². The Kier molecular flexibility index (Phi) is 5.38. The molecule has 0 aliphatic carbocycles. The van der Waals surface area contributed by atoms with Gasteiger partial charge in [0, 0.05) is 24.9 Å². The van der Waals surface area contributed by atoms with Crippen LogP contribution in [0.25, 0.3) is 0 Å². The molecule has 114 valence electrons. The number of sulfonamides is 1. The number of nitrogens with one attached hydrogen (secondary N) is 1. The van der Waals surface area contributed by atoms with Crippen LogP contribution in [0.15, 0.2) is 23.1 Å². The van der Waals surface area contributed by atoms with Gasteiger partial charge < -0.3 is 15.6 Å². The zero-order valence-corrected chi connectivity index (χ0v) is 12.8. The van der Waals surface area contributed by atoms with Gasteiger partial charge in [-0.1, -0.05) is 13.8 Å². The number of hydrogen-bond donors (Lipinski definition) is 3. The zero-order valence-electron chi connectivity index (χ0n) is 12.0. The lowest BCUT2D eigenvalue weighted by atomic mass is 9.90. The van der Waals surface area contributed by atoms with Gasteiger partial charge in [-0.05, 0) is 24.0 Å². The highest BCUT2D eigenvalue weighted by atomic mass is 32.2. The van der Waals surface area contributed by atoms with Gasteiger partial charge in [0.2, 0.25) is 10.0 Å². The topological polar surface area (TPSA) is 102 Å². The predicted molar refractivity (Wildman–Crippen MR) is 78.1 cm³/mol. The Morgan fingerprint density at radius 2 is 2.05 bits per heavy atom. The van der Waals surface area contributed by atoms with Crippen LogP contribution in [-0.4, -0.2) is 33.8 Å². The minimum absolute atomic E-state index is 0.0138. The summed E-state index contributed by atoms with van der Waals surface area (Å²) in [5, 5.41) is 8.95. The SMILES string of the molecule is COc1cc(N)ccc1S(=O)(=O)NCC(C)(C)CCO. The minimum Gasteiger partial charge on any atom is -0.495 e. The smallest absolute Gasteiger partial charge is 0.244 e. The second-order valence-electron chi connectivity index (χ2n) is 5.37. The third-order valence-electron chi connectivity index (χ3n) is 3.01. The highest BCUT2D eigenvalue weighted by Crippen LogP contribution is 2.27. The van der Waals surface area contributed by atoms with E-state index in [0.717, 1.165) is 0 Å². The summed E-state index contributed by atoms with van der Waals surface area (Å²) in [6, 6.07) is 4.39. The molecule has 4 N–H and O–H groups in total. The average Bonchev–Trinajstić information content (AvgIpc) is 2.36. The molecule has 0 saturated carbocycles. The molecule has 0 bridgehead atoms. The molecular formula is C13H22N2O4S. The van der Waals surface area contributed by atoms with E-state index in [4.69, 9.17) is 15.6 Å². The second-order valence-corrected chi connectivity index (χ2v) is 7.11. The minimum atomic E-state index is -3.68. The molecule has 0 heterocycles. The quantitative estimate of drug-likeness (QED) is 0.651. The number of methoxy groups -OCH3 is 1. The molecule has 20 heavy (non-hydrogen) atoms. The first-order valence-electron chi connectivity index (χ1n) is 6.26. The summed E-state index contributed by atoms with van der Waals surface area (Å²) >= 11 is 0. The van der Waals surface area contributed by atoms with E-state index in [-0.39, 0.29) is 29.2 Å². The van der Waals surface area contributed by atoms with Crippen molar-refractivity contribution in [1.82, 2.24) is 4.72 Å². The molecule has 0 saturated heterocycles. The summed E-state index contributed by atoms with van der Waals surface area (Å²) in [6.07, 6.45) is 0.508. The molecule has 0 atom stereocenters. The Bertz CT molecular complexity index is 555. The Labute approximate surface area is 120 Å². The number of nitrogen functional groups attached to an aromatic ring is 1. The highest BCUT2D eigenvalue weighted by Gasteiger charge is 2.24. The number of aliphatic hydroxyl groups excluding tert-OH is 1. The van der Waals surface area contributed by atoms with Crippen LogP contribution in [-0.2, 0) is 10.0 Å². The van der Waals surface area contributed by atoms with E-state index in [1.54, 1.807) is 0 Å². The largest absolute Gasteiger partial charge is 0.495 e. The Balaban J connectivity index is 2.95. The maximum Gasteiger partial charge on any atom is 0.244 e. The fourth-order valence-corrected chi connectivity index (χ4v) is 3.06. The van der Waals surface area contributed by atoms with Gasteiger partial charge in [0.25, 0.3) is 0 Å². The summed E-state index contributed by atoms with van der Waals surface area (Å²) in [5.74, 6) is 0.206. The summed E-state index contributed by atoms with van der Waals surface area (Å²) in [6.45, 7) is 4.00. The molecule has 1 aromatic rings. The second kappa shape index (κ2) is 6.43. The fraction of sp³-hybridized carbons (Fsp3) is 0.538. The van der Waals surface area contributed by atoms with Gasteiger partial charge in [0.15, 0.2) is 0 Å². The van der Waals surface area contributed by atoms with Crippen molar-refractivity contribution in [2.24, 2.45) is 5.41 Å². The molecule has 1 rings (SSSR count). The summed E-state index contributed by atoms with van der Waals surface area (Å²) < 4.78 is 32.1. The molecule has 0 unspecified atom stereocenters. The van der Waals surface area contributed by atoms with Gasteiger partial charge in [-0.25, -0.2) is 13.1 Å². The first kappa shape index (κ1) is 16.7. The predicted octanol–water partition coefficient (Wildman–Crippen LogP) is 0.964. The lowest BCUT2D eigenvalue weighted by molar-refractivity contribution is 0.213. The lowest BCUT2D eigenvalue weighted by Gasteiger charge is -2.24. The molecule has 0 spiro atoms. The van der Waals surface area contributed by atoms with Crippen LogP contribution in [0.4, 0.5) is 5.69 Å². The molecule has 0 aromatic heterocycles. The third-order valence-corrected chi connectivity index (χ3v) is 4.45. The van der Waals surface area contributed by atoms with Crippen LogP contribution < -0.4 is 15.2 Å². The number of rotatable bonds is 7. The van der Waals surface area contributed by atoms with E-state index in [1.165, 1.54) is 25.3 Å². The number of nitrogens with two attached hydrogens (primary N) is 1. The van der Waals surface area contributed by atoms with Crippen LogP contribution in [0, 0.1) is 5.41 Å². The Morgan fingerprint density at radius 3 is 2.60 bits per heavy atom. The van der Waals surface area contributed by atoms with Gasteiger partial charge in [0.05, 0.1) is 7.11 Å². The monoisotopic (exact) mass is 302 g/mol. The van der Waals surface area contributed by atoms with E-state index in [0.29, 0.717) is 12.1 Å². The van der Waals surface area contributed by atoms with Crippen molar-refractivity contribution in [3.8, 4) is 5.75 Å². The first-order valence-corrected chi connectivity index (χ1v) is 7.74. The maximum atomic E-state index is 12.3. The lowest BCUT2D eigenvalue weighted by Crippen LogP contribution is -2.34. The van der Waals surface area contributed by atoms with Gasteiger partial charge >= 0.3 is 0 Å². The van der Waals surface area contributed by atoms with Crippen LogP contribution in [0.5, 0.6) is 5.75 Å².